The Morgan fingerprint density at radius 1 is 1.20 bits per heavy atom. The van der Waals surface area contributed by atoms with Crippen LogP contribution < -0.4 is 5.32 Å². The van der Waals surface area contributed by atoms with Crippen molar-refractivity contribution < 1.29 is 4.79 Å². The Labute approximate surface area is 158 Å². The monoisotopic (exact) mass is 380 g/mol. The van der Waals surface area contributed by atoms with Crippen molar-refractivity contribution in [2.45, 2.75) is 19.3 Å². The molecule has 0 aliphatic carbocycles. The average molecular weight is 381 g/mol. The molecule has 5 nitrogen and oxygen atoms in total. The number of nitrogens with zero attached hydrogens (tertiary/aromatic N) is 2. The summed E-state index contributed by atoms with van der Waals surface area (Å²) in [5, 5.41) is 11.2. The standard InChI is InChI=1S/C18H21ClN4O.ClH/c19-14-4-2-1-3-13(14)15-11-16(22-21-15)17(24)23-9-6-18(7-10-23)5-8-20-12-18;/h1-4,11,20H,5-10,12H2,(H,21,22);1H. The minimum Gasteiger partial charge on any atom is -0.337 e. The summed E-state index contributed by atoms with van der Waals surface area (Å²) >= 11 is 6.21. The van der Waals surface area contributed by atoms with Crippen LogP contribution in [-0.4, -0.2) is 47.2 Å². The number of aromatic nitrogens is 2. The minimum absolute atomic E-state index is 0. The molecule has 3 heterocycles. The molecule has 0 bridgehead atoms. The SMILES string of the molecule is Cl.O=C(c1cc(-c2ccccc2Cl)n[nH]1)N1CCC2(CCNC2)CC1. The number of carbonyl (C=O) groups is 1. The first-order valence-electron chi connectivity index (χ1n) is 8.47. The van der Waals surface area contributed by atoms with E-state index in [1.54, 1.807) is 6.07 Å². The number of aromatic amines is 1. The van der Waals surface area contributed by atoms with Crippen LogP contribution in [0.2, 0.25) is 5.02 Å². The first-order chi connectivity index (χ1) is 11.7. The molecule has 0 radical (unpaired) electrons. The van der Waals surface area contributed by atoms with Gasteiger partial charge in [-0.1, -0.05) is 29.8 Å². The van der Waals surface area contributed by atoms with Crippen LogP contribution in [0.15, 0.2) is 30.3 Å². The van der Waals surface area contributed by atoms with Gasteiger partial charge in [-0.05, 0) is 43.4 Å². The van der Waals surface area contributed by atoms with E-state index in [0.29, 0.717) is 21.8 Å². The maximum Gasteiger partial charge on any atom is 0.271 e. The Hall–Kier alpha value is -1.56. The largest absolute Gasteiger partial charge is 0.337 e. The first-order valence-corrected chi connectivity index (χ1v) is 8.85. The van der Waals surface area contributed by atoms with E-state index in [2.05, 4.69) is 15.5 Å². The number of nitrogens with one attached hydrogen (secondary N) is 2. The molecule has 1 amide bonds. The van der Waals surface area contributed by atoms with E-state index in [-0.39, 0.29) is 18.3 Å². The van der Waals surface area contributed by atoms with E-state index < -0.39 is 0 Å². The van der Waals surface area contributed by atoms with Gasteiger partial charge in [0.05, 0.1) is 10.7 Å². The zero-order valence-corrected chi connectivity index (χ0v) is 15.5. The highest BCUT2D eigenvalue weighted by Gasteiger charge is 2.38. The minimum atomic E-state index is 0. The van der Waals surface area contributed by atoms with Crippen LogP contribution in [0.1, 0.15) is 29.8 Å². The summed E-state index contributed by atoms with van der Waals surface area (Å²) in [7, 11) is 0. The third kappa shape index (κ3) is 3.54. The number of hydrogen-bond acceptors (Lipinski definition) is 3. The molecule has 25 heavy (non-hydrogen) atoms. The molecule has 2 saturated heterocycles. The van der Waals surface area contributed by atoms with Crippen LogP contribution in [0.25, 0.3) is 11.3 Å². The van der Waals surface area contributed by atoms with Crippen LogP contribution in [0.5, 0.6) is 0 Å². The van der Waals surface area contributed by atoms with Crippen molar-refractivity contribution in [3.63, 3.8) is 0 Å². The predicted octanol–water partition coefficient (Wildman–Crippen LogP) is 3.37. The molecule has 2 fully saturated rings. The van der Waals surface area contributed by atoms with Crippen molar-refractivity contribution in [3.8, 4) is 11.3 Å². The third-order valence-electron chi connectivity index (χ3n) is 5.40. The van der Waals surface area contributed by atoms with E-state index in [0.717, 1.165) is 44.6 Å². The maximum atomic E-state index is 12.7. The normalized spacial score (nSPS) is 19.0. The van der Waals surface area contributed by atoms with Gasteiger partial charge in [-0.2, -0.15) is 5.10 Å². The second-order valence-electron chi connectivity index (χ2n) is 6.87. The second-order valence-corrected chi connectivity index (χ2v) is 7.27. The molecule has 4 rings (SSSR count). The van der Waals surface area contributed by atoms with Crippen molar-refractivity contribution in [2.24, 2.45) is 5.41 Å². The van der Waals surface area contributed by atoms with Gasteiger partial charge in [0.1, 0.15) is 5.69 Å². The van der Waals surface area contributed by atoms with Crippen LogP contribution in [-0.2, 0) is 0 Å². The van der Waals surface area contributed by atoms with Crippen molar-refractivity contribution >= 4 is 29.9 Å². The number of halogens is 2. The molecule has 134 valence electrons. The fraction of sp³-hybridized carbons (Fsp3) is 0.444. The van der Waals surface area contributed by atoms with Gasteiger partial charge in [0.15, 0.2) is 0 Å². The van der Waals surface area contributed by atoms with E-state index in [1.807, 2.05) is 29.2 Å². The molecule has 0 saturated carbocycles. The van der Waals surface area contributed by atoms with E-state index in [1.165, 1.54) is 6.42 Å². The fourth-order valence-electron chi connectivity index (χ4n) is 3.81. The second kappa shape index (κ2) is 7.36. The summed E-state index contributed by atoms with van der Waals surface area (Å²) in [5.74, 6) is 0.0293. The van der Waals surface area contributed by atoms with Gasteiger partial charge < -0.3 is 10.2 Å². The van der Waals surface area contributed by atoms with Crippen molar-refractivity contribution in [1.82, 2.24) is 20.4 Å². The molecule has 1 aromatic heterocycles. The van der Waals surface area contributed by atoms with Crippen molar-refractivity contribution in [3.05, 3.63) is 41.0 Å². The number of hydrogen-bond donors (Lipinski definition) is 2. The zero-order valence-electron chi connectivity index (χ0n) is 13.9. The first kappa shape index (κ1) is 18.2. The molecule has 2 N–H and O–H groups in total. The number of likely N-dealkylation sites (tertiary alicyclic amines) is 1. The number of benzene rings is 1. The summed E-state index contributed by atoms with van der Waals surface area (Å²) in [4.78, 5) is 14.7. The molecule has 2 aliphatic rings. The Bertz CT molecular complexity index is 745. The lowest BCUT2D eigenvalue weighted by atomic mass is 9.78. The molecule has 7 heteroatoms. The van der Waals surface area contributed by atoms with Gasteiger partial charge in [-0.3, -0.25) is 9.89 Å². The van der Waals surface area contributed by atoms with Gasteiger partial charge in [-0.15, -0.1) is 12.4 Å². The lowest BCUT2D eigenvalue weighted by Crippen LogP contribution is -2.44. The summed E-state index contributed by atoms with van der Waals surface area (Å²) < 4.78 is 0. The summed E-state index contributed by atoms with van der Waals surface area (Å²) in [5.41, 5.74) is 2.49. The maximum absolute atomic E-state index is 12.7. The lowest BCUT2D eigenvalue weighted by molar-refractivity contribution is 0.0602. The zero-order chi connectivity index (χ0) is 16.6. The molecular weight excluding hydrogens is 359 g/mol. The summed E-state index contributed by atoms with van der Waals surface area (Å²) in [6.45, 7) is 3.84. The van der Waals surface area contributed by atoms with Crippen molar-refractivity contribution in [2.75, 3.05) is 26.2 Å². The lowest BCUT2D eigenvalue weighted by Gasteiger charge is -2.38. The van der Waals surface area contributed by atoms with E-state index >= 15 is 0 Å². The Kier molecular flexibility index (Phi) is 5.37. The van der Waals surface area contributed by atoms with Gasteiger partial charge in [0.25, 0.3) is 5.91 Å². The molecule has 0 atom stereocenters. The molecular formula is C18H22Cl2N4O. The topological polar surface area (TPSA) is 61.0 Å². The Morgan fingerprint density at radius 2 is 1.96 bits per heavy atom. The van der Waals surface area contributed by atoms with Gasteiger partial charge >= 0.3 is 0 Å². The fourth-order valence-corrected chi connectivity index (χ4v) is 4.05. The van der Waals surface area contributed by atoms with E-state index in [9.17, 15) is 4.79 Å². The number of rotatable bonds is 2. The quantitative estimate of drug-likeness (QED) is 0.839. The van der Waals surface area contributed by atoms with Crippen LogP contribution in [0.4, 0.5) is 0 Å². The number of piperidine rings is 1. The summed E-state index contributed by atoms with van der Waals surface area (Å²) in [6.07, 6.45) is 3.39. The van der Waals surface area contributed by atoms with Crippen LogP contribution >= 0.6 is 24.0 Å². The molecule has 1 aromatic carbocycles. The van der Waals surface area contributed by atoms with Crippen LogP contribution in [0, 0.1) is 5.41 Å². The Morgan fingerprint density at radius 3 is 2.64 bits per heavy atom. The predicted molar refractivity (Wildman–Crippen MR) is 101 cm³/mol. The highest BCUT2D eigenvalue weighted by atomic mass is 35.5. The molecule has 2 aliphatic heterocycles. The van der Waals surface area contributed by atoms with Gasteiger partial charge in [-0.25, -0.2) is 0 Å². The number of carbonyl (C=O) groups excluding carboxylic acids is 1. The average Bonchev–Trinajstić information content (AvgIpc) is 3.26. The number of amides is 1. The smallest absolute Gasteiger partial charge is 0.271 e. The highest BCUT2D eigenvalue weighted by Crippen LogP contribution is 2.37. The third-order valence-corrected chi connectivity index (χ3v) is 5.73. The summed E-state index contributed by atoms with van der Waals surface area (Å²) in [6, 6.07) is 9.32. The van der Waals surface area contributed by atoms with Crippen molar-refractivity contribution in [1.29, 1.82) is 0 Å². The Balaban J connectivity index is 0.00000182. The van der Waals surface area contributed by atoms with Gasteiger partial charge in [0, 0.05) is 25.2 Å². The highest BCUT2D eigenvalue weighted by molar-refractivity contribution is 6.33. The number of H-pyrrole nitrogens is 1. The van der Waals surface area contributed by atoms with Crippen LogP contribution in [0.3, 0.4) is 0 Å². The molecule has 1 spiro atoms. The molecule has 0 unspecified atom stereocenters. The molecule has 2 aromatic rings. The van der Waals surface area contributed by atoms with E-state index in [4.69, 9.17) is 11.6 Å². The van der Waals surface area contributed by atoms with Gasteiger partial charge in [0.2, 0.25) is 0 Å².